The van der Waals surface area contributed by atoms with Gasteiger partial charge in [-0.1, -0.05) is 31.0 Å². The first-order valence-corrected chi connectivity index (χ1v) is 14.6. The van der Waals surface area contributed by atoms with Crippen molar-refractivity contribution in [3.8, 4) is 11.1 Å². The lowest BCUT2D eigenvalue weighted by atomic mass is 9.97. The summed E-state index contributed by atoms with van der Waals surface area (Å²) in [6.45, 7) is 5.80. The molecule has 3 aromatic rings. The lowest BCUT2D eigenvalue weighted by Crippen LogP contribution is -2.49. The molecular formula is C32H34F6N4O3. The molecule has 0 spiro atoms. The van der Waals surface area contributed by atoms with E-state index in [9.17, 15) is 35.9 Å². The normalized spacial score (nSPS) is 14.0. The zero-order valence-electron chi connectivity index (χ0n) is 24.9. The number of carbonyl (C=O) groups excluding carboxylic acids is 2. The number of benzene rings is 2. The van der Waals surface area contributed by atoms with Gasteiger partial charge < -0.3 is 19.9 Å². The molecule has 0 aliphatic carbocycles. The largest absolute Gasteiger partial charge is 0.449 e. The van der Waals surface area contributed by atoms with Crippen molar-refractivity contribution in [2.24, 2.45) is 0 Å². The van der Waals surface area contributed by atoms with Crippen molar-refractivity contribution >= 4 is 17.8 Å². The Morgan fingerprint density at radius 3 is 2.20 bits per heavy atom. The number of ether oxygens (including phenoxy) is 1. The molecule has 7 nitrogen and oxygen atoms in total. The standard InChI is InChI=1S/C32H34F6N4O3/c1-3-4-16-45-30(44)42-14-12-41(13-15-42)28-26(6-5-10-39-28)25-8-7-21(2)17-27(25)29(43)40-11-9-22-18-23(31(33,34)35)20-24(19-22)32(36,37)38/h5-8,10,17-20H,3-4,9,11-16H2,1-2H3,(H,40,43). The second-order valence-electron chi connectivity index (χ2n) is 10.8. The molecule has 1 aliphatic heterocycles. The van der Waals surface area contributed by atoms with Gasteiger partial charge >= 0.3 is 18.4 Å². The number of piperazine rings is 1. The minimum Gasteiger partial charge on any atom is -0.449 e. The first kappa shape index (κ1) is 33.6. The van der Waals surface area contributed by atoms with Gasteiger partial charge in [0, 0.05) is 50.0 Å². The fourth-order valence-electron chi connectivity index (χ4n) is 5.02. The monoisotopic (exact) mass is 636 g/mol. The highest BCUT2D eigenvalue weighted by Gasteiger charge is 2.37. The molecule has 2 amide bonds. The minimum atomic E-state index is -4.96. The molecular weight excluding hydrogens is 602 g/mol. The van der Waals surface area contributed by atoms with Gasteiger partial charge in [0.15, 0.2) is 0 Å². The zero-order chi connectivity index (χ0) is 32.8. The van der Waals surface area contributed by atoms with Crippen molar-refractivity contribution in [2.45, 2.75) is 45.5 Å². The maximum absolute atomic E-state index is 13.4. The number of nitrogens with one attached hydrogen (secondary N) is 1. The topological polar surface area (TPSA) is 74.8 Å². The van der Waals surface area contributed by atoms with Gasteiger partial charge in [-0.2, -0.15) is 26.3 Å². The third-order valence-electron chi connectivity index (χ3n) is 7.40. The molecule has 2 aromatic carbocycles. The average molecular weight is 637 g/mol. The first-order chi connectivity index (χ1) is 21.3. The predicted octanol–water partition coefficient (Wildman–Crippen LogP) is 7.13. The second kappa shape index (κ2) is 14.2. The molecule has 45 heavy (non-hydrogen) atoms. The van der Waals surface area contributed by atoms with E-state index in [0.717, 1.165) is 18.4 Å². The highest BCUT2D eigenvalue weighted by molar-refractivity contribution is 6.02. The number of hydrogen-bond acceptors (Lipinski definition) is 5. The third kappa shape index (κ3) is 8.67. The first-order valence-electron chi connectivity index (χ1n) is 14.6. The number of aryl methyl sites for hydroxylation is 1. The Kier molecular flexibility index (Phi) is 10.6. The summed E-state index contributed by atoms with van der Waals surface area (Å²) >= 11 is 0. The average Bonchev–Trinajstić information content (AvgIpc) is 3.00. The Labute approximate surface area is 257 Å². The van der Waals surface area contributed by atoms with E-state index in [0.29, 0.717) is 61.9 Å². The lowest BCUT2D eigenvalue weighted by Gasteiger charge is -2.35. The summed E-state index contributed by atoms with van der Waals surface area (Å²) in [5.74, 6) is 0.0733. The minimum absolute atomic E-state index is 0.0751. The number of halogens is 6. The molecule has 4 rings (SSSR count). The fraction of sp³-hybridized carbons (Fsp3) is 0.406. The summed E-state index contributed by atoms with van der Waals surface area (Å²) in [7, 11) is 0. The lowest BCUT2D eigenvalue weighted by molar-refractivity contribution is -0.143. The van der Waals surface area contributed by atoms with E-state index in [-0.39, 0.29) is 36.3 Å². The highest BCUT2D eigenvalue weighted by Crippen LogP contribution is 2.37. The zero-order valence-corrected chi connectivity index (χ0v) is 24.9. The van der Waals surface area contributed by atoms with Crippen LogP contribution in [0.25, 0.3) is 11.1 Å². The summed E-state index contributed by atoms with van der Waals surface area (Å²) in [5, 5.41) is 2.65. The van der Waals surface area contributed by atoms with E-state index in [2.05, 4.69) is 10.3 Å². The van der Waals surface area contributed by atoms with E-state index < -0.39 is 29.4 Å². The summed E-state index contributed by atoms with van der Waals surface area (Å²) in [6.07, 6.45) is -7.18. The van der Waals surface area contributed by atoms with E-state index in [4.69, 9.17) is 4.74 Å². The number of aromatic nitrogens is 1. The van der Waals surface area contributed by atoms with Crippen LogP contribution in [0.2, 0.25) is 0 Å². The van der Waals surface area contributed by atoms with Gasteiger partial charge in [0.1, 0.15) is 5.82 Å². The number of carbonyl (C=O) groups is 2. The van der Waals surface area contributed by atoms with Crippen LogP contribution < -0.4 is 10.2 Å². The number of amides is 2. The molecule has 1 aliphatic rings. The quantitative estimate of drug-likeness (QED) is 0.200. The molecule has 0 unspecified atom stereocenters. The van der Waals surface area contributed by atoms with Crippen molar-refractivity contribution < 1.29 is 40.7 Å². The summed E-state index contributed by atoms with van der Waals surface area (Å²) in [4.78, 5) is 34.0. The fourth-order valence-corrected chi connectivity index (χ4v) is 5.02. The van der Waals surface area contributed by atoms with Gasteiger partial charge in [-0.3, -0.25) is 4.79 Å². The van der Waals surface area contributed by atoms with Crippen LogP contribution in [0.4, 0.5) is 37.0 Å². The van der Waals surface area contributed by atoms with Crippen molar-refractivity contribution in [1.82, 2.24) is 15.2 Å². The van der Waals surface area contributed by atoms with Crippen molar-refractivity contribution in [1.29, 1.82) is 0 Å². The molecule has 0 saturated carbocycles. The Hall–Kier alpha value is -4.29. The molecule has 0 bridgehead atoms. The summed E-state index contributed by atoms with van der Waals surface area (Å²) < 4.78 is 84.9. The molecule has 1 N–H and O–H groups in total. The van der Waals surface area contributed by atoms with E-state index >= 15 is 0 Å². The maximum atomic E-state index is 13.4. The van der Waals surface area contributed by atoms with Crippen molar-refractivity contribution in [2.75, 3.05) is 44.2 Å². The van der Waals surface area contributed by atoms with Gasteiger partial charge in [0.05, 0.1) is 17.7 Å². The molecule has 0 radical (unpaired) electrons. The molecule has 13 heteroatoms. The van der Waals surface area contributed by atoms with E-state index in [1.54, 1.807) is 36.2 Å². The number of hydrogen-bond donors (Lipinski definition) is 1. The SMILES string of the molecule is CCCCOC(=O)N1CCN(c2ncccc2-c2ccc(C)cc2C(=O)NCCc2cc(C(F)(F)F)cc(C(F)(F)F)c2)CC1. The van der Waals surface area contributed by atoms with Crippen LogP contribution in [0.3, 0.4) is 0 Å². The van der Waals surface area contributed by atoms with Gasteiger partial charge in [0.25, 0.3) is 5.91 Å². The number of nitrogens with zero attached hydrogens (tertiary/aromatic N) is 3. The Morgan fingerprint density at radius 2 is 1.58 bits per heavy atom. The van der Waals surface area contributed by atoms with Gasteiger partial charge in [-0.05, 0) is 67.3 Å². The van der Waals surface area contributed by atoms with Crippen LogP contribution in [0.1, 0.15) is 52.4 Å². The van der Waals surface area contributed by atoms with Gasteiger partial charge in [-0.15, -0.1) is 0 Å². The number of alkyl halides is 6. The number of pyridine rings is 1. The summed E-state index contributed by atoms with van der Waals surface area (Å²) in [6, 6.07) is 10.2. The number of anilines is 1. The van der Waals surface area contributed by atoms with Gasteiger partial charge in [-0.25, -0.2) is 9.78 Å². The predicted molar refractivity (Wildman–Crippen MR) is 157 cm³/mol. The Bertz CT molecular complexity index is 1470. The van der Waals surface area contributed by atoms with Crippen molar-refractivity contribution in [3.05, 3.63) is 82.5 Å². The molecule has 2 heterocycles. The van der Waals surface area contributed by atoms with Crippen LogP contribution in [0, 0.1) is 6.92 Å². The molecule has 242 valence electrons. The second-order valence-corrected chi connectivity index (χ2v) is 10.8. The van der Waals surface area contributed by atoms with E-state index in [1.165, 1.54) is 0 Å². The molecule has 1 aromatic heterocycles. The number of rotatable bonds is 9. The van der Waals surface area contributed by atoms with Crippen LogP contribution >= 0.6 is 0 Å². The van der Waals surface area contributed by atoms with Gasteiger partial charge in [0.2, 0.25) is 0 Å². The van der Waals surface area contributed by atoms with Crippen LogP contribution in [-0.4, -0.2) is 61.2 Å². The molecule has 1 fully saturated rings. The van der Waals surface area contributed by atoms with Crippen LogP contribution in [0.5, 0.6) is 0 Å². The van der Waals surface area contributed by atoms with E-state index in [1.807, 2.05) is 24.0 Å². The Balaban J connectivity index is 1.50. The van der Waals surface area contributed by atoms with Crippen LogP contribution in [-0.2, 0) is 23.5 Å². The molecule has 1 saturated heterocycles. The third-order valence-corrected chi connectivity index (χ3v) is 7.40. The number of unbranched alkanes of at least 4 members (excludes halogenated alkanes) is 1. The molecule has 0 atom stereocenters. The maximum Gasteiger partial charge on any atom is 0.416 e. The van der Waals surface area contributed by atoms with Crippen LogP contribution in [0.15, 0.2) is 54.7 Å². The smallest absolute Gasteiger partial charge is 0.416 e. The Morgan fingerprint density at radius 1 is 0.911 bits per heavy atom. The van der Waals surface area contributed by atoms with Crippen molar-refractivity contribution in [3.63, 3.8) is 0 Å². The highest BCUT2D eigenvalue weighted by atomic mass is 19.4. The summed E-state index contributed by atoms with van der Waals surface area (Å²) in [5.41, 5.74) is -0.740.